The van der Waals surface area contributed by atoms with Crippen molar-refractivity contribution >= 4 is 5.91 Å². The topological polar surface area (TPSA) is 54.0 Å². The summed E-state index contributed by atoms with van der Waals surface area (Å²) in [6.07, 6.45) is 4.93. The van der Waals surface area contributed by atoms with Crippen LogP contribution in [0.15, 0.2) is 18.3 Å². The van der Waals surface area contributed by atoms with Gasteiger partial charge >= 0.3 is 0 Å². The van der Waals surface area contributed by atoms with Gasteiger partial charge in [-0.3, -0.25) is 9.78 Å². The Balaban J connectivity index is 1.94. The highest BCUT2D eigenvalue weighted by atomic mass is 16.2. The van der Waals surface area contributed by atoms with Crippen molar-refractivity contribution in [1.82, 2.24) is 15.6 Å². The number of aromatic nitrogens is 1. The summed E-state index contributed by atoms with van der Waals surface area (Å²) in [5.41, 5.74) is 1.63. The summed E-state index contributed by atoms with van der Waals surface area (Å²) in [6, 6.07) is 3.92. The van der Waals surface area contributed by atoms with Gasteiger partial charge in [-0.2, -0.15) is 0 Å². The molecule has 2 N–H and O–H groups in total. The normalized spacial score (nSPS) is 23.7. The van der Waals surface area contributed by atoms with E-state index < -0.39 is 5.54 Å². The Hall–Kier alpha value is -1.42. The summed E-state index contributed by atoms with van der Waals surface area (Å²) in [6.45, 7) is 5.41. The number of nitrogens with zero attached hydrogens (tertiary/aromatic N) is 1. The first-order chi connectivity index (χ1) is 8.62. The second-order valence-electron chi connectivity index (χ2n) is 5.17. The molecule has 1 atom stereocenters. The predicted molar refractivity (Wildman–Crippen MR) is 71.1 cm³/mol. The predicted octanol–water partition coefficient (Wildman–Crippen LogP) is 1.54. The molecule has 0 bridgehead atoms. The molecule has 0 saturated carbocycles. The molecule has 18 heavy (non-hydrogen) atoms. The average molecular weight is 247 g/mol. The quantitative estimate of drug-likeness (QED) is 0.852. The minimum absolute atomic E-state index is 0.0762. The zero-order valence-electron chi connectivity index (χ0n) is 11.1. The van der Waals surface area contributed by atoms with Crippen molar-refractivity contribution in [3.63, 3.8) is 0 Å². The lowest BCUT2D eigenvalue weighted by molar-refractivity contribution is -0.128. The van der Waals surface area contributed by atoms with Gasteiger partial charge in [-0.25, -0.2) is 0 Å². The molecule has 2 heterocycles. The molecule has 0 aliphatic carbocycles. The Kier molecular flexibility index (Phi) is 3.97. The van der Waals surface area contributed by atoms with Crippen LogP contribution < -0.4 is 10.6 Å². The van der Waals surface area contributed by atoms with E-state index in [4.69, 9.17) is 0 Å². The van der Waals surface area contributed by atoms with Gasteiger partial charge in [-0.05, 0) is 51.3 Å². The molecule has 2 rings (SSSR count). The smallest absolute Gasteiger partial charge is 0.240 e. The first kappa shape index (κ1) is 13.0. The Labute approximate surface area is 108 Å². The van der Waals surface area contributed by atoms with Crippen LogP contribution in [0.3, 0.4) is 0 Å². The van der Waals surface area contributed by atoms with Crippen LogP contribution in [0, 0.1) is 6.92 Å². The van der Waals surface area contributed by atoms with Crippen LogP contribution in [0.2, 0.25) is 0 Å². The molecule has 1 saturated heterocycles. The average Bonchev–Trinajstić information content (AvgIpc) is 2.38. The lowest BCUT2D eigenvalue weighted by Crippen LogP contribution is -2.56. The number of nitrogens with one attached hydrogen (secondary N) is 2. The molecular formula is C14H21N3O. The van der Waals surface area contributed by atoms with Crippen molar-refractivity contribution in [2.45, 2.75) is 45.2 Å². The largest absolute Gasteiger partial charge is 0.349 e. The first-order valence-corrected chi connectivity index (χ1v) is 6.56. The maximum Gasteiger partial charge on any atom is 0.240 e. The zero-order valence-corrected chi connectivity index (χ0v) is 11.1. The molecule has 1 aromatic rings. The van der Waals surface area contributed by atoms with Gasteiger partial charge in [0.05, 0.1) is 17.8 Å². The highest BCUT2D eigenvalue weighted by Crippen LogP contribution is 2.18. The molecule has 4 nitrogen and oxygen atoms in total. The molecule has 1 amide bonds. The third-order valence-electron chi connectivity index (χ3n) is 3.65. The second kappa shape index (κ2) is 5.48. The van der Waals surface area contributed by atoms with E-state index in [-0.39, 0.29) is 5.91 Å². The number of hydrogen-bond donors (Lipinski definition) is 2. The van der Waals surface area contributed by atoms with Gasteiger partial charge in [0, 0.05) is 6.20 Å². The van der Waals surface area contributed by atoms with E-state index >= 15 is 0 Å². The number of amides is 1. The Morgan fingerprint density at radius 3 is 3.06 bits per heavy atom. The monoisotopic (exact) mass is 247 g/mol. The summed E-state index contributed by atoms with van der Waals surface area (Å²) in [7, 11) is 0. The minimum Gasteiger partial charge on any atom is -0.349 e. The van der Waals surface area contributed by atoms with Crippen LogP contribution >= 0.6 is 0 Å². The summed E-state index contributed by atoms with van der Waals surface area (Å²) in [4.78, 5) is 16.5. The number of carbonyl (C=O) groups is 1. The van der Waals surface area contributed by atoms with E-state index in [1.54, 1.807) is 6.20 Å². The van der Waals surface area contributed by atoms with Crippen LogP contribution in [-0.2, 0) is 11.3 Å². The molecule has 0 radical (unpaired) electrons. The molecular weight excluding hydrogens is 226 g/mol. The highest BCUT2D eigenvalue weighted by molar-refractivity contribution is 5.85. The molecule has 1 fully saturated rings. The fourth-order valence-electron chi connectivity index (χ4n) is 2.31. The van der Waals surface area contributed by atoms with Gasteiger partial charge in [0.1, 0.15) is 0 Å². The number of piperidine rings is 1. The lowest BCUT2D eigenvalue weighted by Gasteiger charge is -2.33. The second-order valence-corrected chi connectivity index (χ2v) is 5.17. The van der Waals surface area contributed by atoms with E-state index in [0.29, 0.717) is 6.54 Å². The number of aryl methyl sites for hydroxylation is 1. The molecule has 1 aliphatic rings. The Morgan fingerprint density at radius 1 is 1.56 bits per heavy atom. The number of hydrogen-bond acceptors (Lipinski definition) is 3. The van der Waals surface area contributed by atoms with Gasteiger partial charge in [0.2, 0.25) is 5.91 Å². The lowest BCUT2D eigenvalue weighted by atomic mass is 9.90. The number of rotatable bonds is 3. The molecule has 4 heteroatoms. The summed E-state index contributed by atoms with van der Waals surface area (Å²) in [5, 5.41) is 6.30. The summed E-state index contributed by atoms with van der Waals surface area (Å²) in [5.74, 6) is 0.0762. The molecule has 1 unspecified atom stereocenters. The summed E-state index contributed by atoms with van der Waals surface area (Å²) < 4.78 is 0. The van der Waals surface area contributed by atoms with Crippen molar-refractivity contribution < 1.29 is 4.79 Å². The van der Waals surface area contributed by atoms with E-state index in [9.17, 15) is 4.79 Å². The van der Waals surface area contributed by atoms with E-state index in [1.165, 1.54) is 0 Å². The standard InChI is InChI=1S/C14H21N3O/c1-11-6-5-8-15-12(11)10-16-13(18)14(2)7-3-4-9-17-14/h5-6,8,17H,3-4,7,9-10H2,1-2H3,(H,16,18). The molecule has 1 aromatic heterocycles. The van der Waals surface area contributed by atoms with Crippen molar-refractivity contribution in [3.8, 4) is 0 Å². The maximum atomic E-state index is 12.2. The fraction of sp³-hybridized carbons (Fsp3) is 0.571. The van der Waals surface area contributed by atoms with Gasteiger partial charge < -0.3 is 10.6 Å². The first-order valence-electron chi connectivity index (χ1n) is 6.56. The van der Waals surface area contributed by atoms with E-state index in [0.717, 1.165) is 37.1 Å². The zero-order chi connectivity index (χ0) is 13.0. The van der Waals surface area contributed by atoms with Gasteiger partial charge in [-0.1, -0.05) is 6.07 Å². The van der Waals surface area contributed by atoms with Crippen molar-refractivity contribution in [3.05, 3.63) is 29.6 Å². The molecule has 0 aromatic carbocycles. The summed E-state index contributed by atoms with van der Waals surface area (Å²) >= 11 is 0. The fourth-order valence-corrected chi connectivity index (χ4v) is 2.31. The molecule has 98 valence electrons. The number of carbonyl (C=O) groups excluding carboxylic acids is 1. The third-order valence-corrected chi connectivity index (χ3v) is 3.65. The Morgan fingerprint density at radius 2 is 2.39 bits per heavy atom. The van der Waals surface area contributed by atoms with Crippen LogP contribution in [0.25, 0.3) is 0 Å². The SMILES string of the molecule is Cc1cccnc1CNC(=O)C1(C)CCCCN1. The van der Waals surface area contributed by atoms with Crippen molar-refractivity contribution in [2.75, 3.05) is 6.54 Å². The van der Waals surface area contributed by atoms with E-state index in [1.807, 2.05) is 26.0 Å². The van der Waals surface area contributed by atoms with Crippen molar-refractivity contribution in [2.24, 2.45) is 0 Å². The Bertz CT molecular complexity index is 425. The third kappa shape index (κ3) is 2.88. The van der Waals surface area contributed by atoms with Crippen LogP contribution in [0.4, 0.5) is 0 Å². The van der Waals surface area contributed by atoms with Crippen LogP contribution in [0.5, 0.6) is 0 Å². The molecule has 0 spiro atoms. The minimum atomic E-state index is -0.416. The van der Waals surface area contributed by atoms with Gasteiger partial charge in [0.15, 0.2) is 0 Å². The molecule has 1 aliphatic heterocycles. The maximum absolute atomic E-state index is 12.2. The van der Waals surface area contributed by atoms with Gasteiger partial charge in [0.25, 0.3) is 0 Å². The van der Waals surface area contributed by atoms with Crippen LogP contribution in [0.1, 0.15) is 37.4 Å². The highest BCUT2D eigenvalue weighted by Gasteiger charge is 2.33. The van der Waals surface area contributed by atoms with Crippen LogP contribution in [-0.4, -0.2) is 23.0 Å². The van der Waals surface area contributed by atoms with E-state index in [2.05, 4.69) is 15.6 Å². The number of pyridine rings is 1. The van der Waals surface area contributed by atoms with Crippen molar-refractivity contribution in [1.29, 1.82) is 0 Å². The van der Waals surface area contributed by atoms with Gasteiger partial charge in [-0.15, -0.1) is 0 Å².